The zero-order chi connectivity index (χ0) is 16.5. The summed E-state index contributed by atoms with van der Waals surface area (Å²) in [5, 5.41) is 10.3. The number of rotatable bonds is 5. The maximum absolute atomic E-state index is 12.3. The number of anilines is 1. The van der Waals surface area contributed by atoms with Crippen molar-refractivity contribution in [3.05, 3.63) is 30.1 Å². The third-order valence-electron chi connectivity index (χ3n) is 5.04. The van der Waals surface area contributed by atoms with Gasteiger partial charge in [-0.25, -0.2) is 4.98 Å². The van der Waals surface area contributed by atoms with E-state index in [1.807, 2.05) is 24.3 Å². The van der Waals surface area contributed by atoms with Crippen molar-refractivity contribution in [2.45, 2.75) is 50.5 Å². The second-order valence-electron chi connectivity index (χ2n) is 7.01. The number of nitrogens with two attached hydrogens (primary N) is 1. The van der Waals surface area contributed by atoms with Crippen LogP contribution < -0.4 is 11.1 Å². The summed E-state index contributed by atoms with van der Waals surface area (Å²) < 4.78 is 0. The van der Waals surface area contributed by atoms with E-state index in [4.69, 9.17) is 5.73 Å². The molecule has 2 aromatic rings. The largest absolute Gasteiger partial charge is 0.327 e. The molecular weight excluding hydrogens is 302 g/mol. The first kappa shape index (κ1) is 15.3. The standard InChI is InChI=1S/C18H23N5O/c19-15-6-2-3-12(15)10-16(24)20-14-5-1-4-13(9-14)18-21-17(22-23-18)11-7-8-11/h1,4-5,9,11-12,15H,2-3,6-8,10,19H2,(H,20,24)(H,21,22,23)/t12-,15+/m0/s1. The van der Waals surface area contributed by atoms with Crippen LogP contribution in [0, 0.1) is 5.92 Å². The number of aromatic amines is 1. The highest BCUT2D eigenvalue weighted by Crippen LogP contribution is 2.38. The third-order valence-corrected chi connectivity index (χ3v) is 5.04. The smallest absolute Gasteiger partial charge is 0.224 e. The molecule has 2 atom stereocenters. The summed E-state index contributed by atoms with van der Waals surface area (Å²) in [5.74, 6) is 2.54. The van der Waals surface area contributed by atoms with Crippen LogP contribution in [-0.2, 0) is 4.79 Å². The van der Waals surface area contributed by atoms with E-state index in [2.05, 4.69) is 20.5 Å². The van der Waals surface area contributed by atoms with Gasteiger partial charge in [0.2, 0.25) is 5.91 Å². The summed E-state index contributed by atoms with van der Waals surface area (Å²) in [6.45, 7) is 0. The summed E-state index contributed by atoms with van der Waals surface area (Å²) in [6.07, 6.45) is 6.08. The van der Waals surface area contributed by atoms with Gasteiger partial charge in [-0.15, -0.1) is 0 Å². The van der Waals surface area contributed by atoms with Crippen LogP contribution in [0.5, 0.6) is 0 Å². The minimum atomic E-state index is 0.0307. The molecule has 4 rings (SSSR count). The third kappa shape index (κ3) is 3.33. The molecule has 2 fully saturated rings. The maximum atomic E-state index is 12.3. The van der Waals surface area contributed by atoms with E-state index in [0.29, 0.717) is 24.1 Å². The quantitative estimate of drug-likeness (QED) is 0.787. The molecule has 2 aliphatic carbocycles. The number of nitrogens with zero attached hydrogens (tertiary/aromatic N) is 2. The molecule has 4 N–H and O–H groups in total. The number of aromatic nitrogens is 3. The van der Waals surface area contributed by atoms with Gasteiger partial charge in [-0.3, -0.25) is 9.89 Å². The van der Waals surface area contributed by atoms with Gasteiger partial charge in [-0.1, -0.05) is 18.6 Å². The molecule has 1 amide bonds. The van der Waals surface area contributed by atoms with Gasteiger partial charge in [0.1, 0.15) is 5.82 Å². The number of hydrogen-bond acceptors (Lipinski definition) is 4. The first-order chi connectivity index (χ1) is 11.7. The van der Waals surface area contributed by atoms with E-state index < -0.39 is 0 Å². The Hall–Kier alpha value is -2.21. The van der Waals surface area contributed by atoms with E-state index in [9.17, 15) is 4.79 Å². The van der Waals surface area contributed by atoms with Crippen molar-refractivity contribution < 1.29 is 4.79 Å². The minimum Gasteiger partial charge on any atom is -0.327 e. The van der Waals surface area contributed by atoms with Crippen molar-refractivity contribution in [1.82, 2.24) is 15.2 Å². The van der Waals surface area contributed by atoms with Crippen molar-refractivity contribution in [2.24, 2.45) is 11.7 Å². The van der Waals surface area contributed by atoms with E-state index in [0.717, 1.165) is 36.3 Å². The van der Waals surface area contributed by atoms with Crippen LogP contribution in [0.4, 0.5) is 5.69 Å². The average Bonchev–Trinajstić information content (AvgIpc) is 3.17. The monoisotopic (exact) mass is 325 g/mol. The fraction of sp³-hybridized carbons (Fsp3) is 0.500. The SMILES string of the molecule is N[C@@H]1CCC[C@H]1CC(=O)Nc1cccc(-c2n[nH]c(C3CC3)n2)c1. The molecule has 0 spiro atoms. The molecule has 24 heavy (non-hydrogen) atoms. The van der Waals surface area contributed by atoms with Crippen LogP contribution in [0.1, 0.15) is 50.3 Å². The lowest BCUT2D eigenvalue weighted by Gasteiger charge is -2.14. The van der Waals surface area contributed by atoms with Gasteiger partial charge in [0.15, 0.2) is 5.82 Å². The zero-order valence-corrected chi connectivity index (χ0v) is 13.7. The molecule has 126 valence electrons. The number of carbonyl (C=O) groups is 1. The Morgan fingerprint density at radius 2 is 2.17 bits per heavy atom. The zero-order valence-electron chi connectivity index (χ0n) is 13.7. The van der Waals surface area contributed by atoms with E-state index in [-0.39, 0.29) is 11.9 Å². The summed E-state index contributed by atoms with van der Waals surface area (Å²) >= 11 is 0. The minimum absolute atomic E-state index is 0.0307. The lowest BCUT2D eigenvalue weighted by atomic mass is 10.00. The number of carbonyl (C=O) groups excluding carboxylic acids is 1. The van der Waals surface area contributed by atoms with Gasteiger partial charge in [0.05, 0.1) is 0 Å². The molecule has 2 aliphatic rings. The number of nitrogens with one attached hydrogen (secondary N) is 2. The van der Waals surface area contributed by atoms with Crippen molar-refractivity contribution in [2.75, 3.05) is 5.32 Å². The maximum Gasteiger partial charge on any atom is 0.224 e. The van der Waals surface area contributed by atoms with E-state index in [1.165, 1.54) is 12.8 Å². The summed E-state index contributed by atoms with van der Waals surface area (Å²) in [4.78, 5) is 16.8. The van der Waals surface area contributed by atoms with Crippen molar-refractivity contribution in [3.63, 3.8) is 0 Å². The first-order valence-electron chi connectivity index (χ1n) is 8.77. The van der Waals surface area contributed by atoms with Crippen LogP contribution >= 0.6 is 0 Å². The van der Waals surface area contributed by atoms with Crippen LogP contribution in [0.15, 0.2) is 24.3 Å². The Balaban J connectivity index is 1.42. The number of hydrogen-bond donors (Lipinski definition) is 3. The van der Waals surface area contributed by atoms with Gasteiger partial charge in [0, 0.05) is 29.6 Å². The summed E-state index contributed by atoms with van der Waals surface area (Å²) in [5.41, 5.74) is 7.74. The Morgan fingerprint density at radius 3 is 2.92 bits per heavy atom. The van der Waals surface area contributed by atoms with Gasteiger partial charge in [-0.2, -0.15) is 5.10 Å². The highest BCUT2D eigenvalue weighted by molar-refractivity contribution is 5.91. The predicted octanol–water partition coefficient (Wildman–Crippen LogP) is 2.81. The molecule has 0 unspecified atom stereocenters. The molecule has 0 bridgehead atoms. The van der Waals surface area contributed by atoms with E-state index in [1.54, 1.807) is 0 Å². The summed E-state index contributed by atoms with van der Waals surface area (Å²) in [7, 11) is 0. The van der Waals surface area contributed by atoms with Crippen molar-refractivity contribution >= 4 is 11.6 Å². The average molecular weight is 325 g/mol. The van der Waals surface area contributed by atoms with Gasteiger partial charge in [0.25, 0.3) is 0 Å². The Labute approximate surface area is 141 Å². The van der Waals surface area contributed by atoms with Gasteiger partial charge < -0.3 is 11.1 Å². The fourth-order valence-corrected chi connectivity index (χ4v) is 3.45. The predicted molar refractivity (Wildman–Crippen MR) is 92.4 cm³/mol. The highest BCUT2D eigenvalue weighted by Gasteiger charge is 2.27. The first-order valence-corrected chi connectivity index (χ1v) is 8.77. The van der Waals surface area contributed by atoms with Crippen molar-refractivity contribution in [1.29, 1.82) is 0 Å². The topological polar surface area (TPSA) is 96.7 Å². The van der Waals surface area contributed by atoms with Crippen LogP contribution in [0.2, 0.25) is 0 Å². The number of amides is 1. The Bertz CT molecular complexity index is 737. The van der Waals surface area contributed by atoms with E-state index >= 15 is 0 Å². The molecule has 1 aromatic carbocycles. The van der Waals surface area contributed by atoms with Crippen LogP contribution in [0.3, 0.4) is 0 Å². The van der Waals surface area contributed by atoms with Crippen LogP contribution in [0.25, 0.3) is 11.4 Å². The van der Waals surface area contributed by atoms with Gasteiger partial charge >= 0.3 is 0 Å². The summed E-state index contributed by atoms with van der Waals surface area (Å²) in [6, 6.07) is 7.86. The van der Waals surface area contributed by atoms with Crippen LogP contribution in [-0.4, -0.2) is 27.1 Å². The molecule has 0 saturated heterocycles. The molecule has 6 heteroatoms. The highest BCUT2D eigenvalue weighted by atomic mass is 16.1. The fourth-order valence-electron chi connectivity index (χ4n) is 3.45. The van der Waals surface area contributed by atoms with Gasteiger partial charge in [-0.05, 0) is 43.7 Å². The second kappa shape index (κ2) is 6.36. The molecule has 0 aliphatic heterocycles. The second-order valence-corrected chi connectivity index (χ2v) is 7.01. The molecule has 2 saturated carbocycles. The number of H-pyrrole nitrogens is 1. The number of benzene rings is 1. The lowest BCUT2D eigenvalue weighted by molar-refractivity contribution is -0.117. The molecule has 0 radical (unpaired) electrons. The Morgan fingerprint density at radius 1 is 1.29 bits per heavy atom. The Kier molecular flexibility index (Phi) is 4.06. The normalized spacial score (nSPS) is 23.4. The van der Waals surface area contributed by atoms with Crippen molar-refractivity contribution in [3.8, 4) is 11.4 Å². The molecule has 6 nitrogen and oxygen atoms in total. The lowest BCUT2D eigenvalue weighted by Crippen LogP contribution is -2.28. The molecule has 1 heterocycles. The molecular formula is C18H23N5O. The molecule has 1 aromatic heterocycles.